The van der Waals surface area contributed by atoms with Gasteiger partial charge in [-0.3, -0.25) is 0 Å². The van der Waals surface area contributed by atoms with E-state index in [0.29, 0.717) is 0 Å². The number of hydrogen-bond acceptors (Lipinski definition) is 7. The molecule has 0 amide bonds. The van der Waals surface area contributed by atoms with Gasteiger partial charge in [-0.1, -0.05) is 0 Å². The summed E-state index contributed by atoms with van der Waals surface area (Å²) in [5, 5.41) is 29.6. The van der Waals surface area contributed by atoms with Crippen LogP contribution in [0.3, 0.4) is 0 Å². The molecule has 0 radical (unpaired) electrons. The molecule has 0 heterocycles. The molecular weight excluding hydrogens is 196 g/mol. The quantitative estimate of drug-likeness (QED) is 0.454. The molecule has 0 rings (SSSR count). The van der Waals surface area contributed by atoms with Crippen molar-refractivity contribution in [3.8, 4) is 0 Å². The predicted molar refractivity (Wildman–Crippen MR) is 36.2 cm³/mol. The van der Waals surface area contributed by atoms with Crippen LogP contribution in [0.25, 0.3) is 0 Å². The number of carbonyl (C=O) groups is 3. The summed E-state index contributed by atoms with van der Waals surface area (Å²) in [6.07, 6.45) is -2.32. The number of ether oxygens (including phenoxy) is 1. The van der Waals surface area contributed by atoms with Crippen molar-refractivity contribution in [1.82, 2.24) is 0 Å². The first-order valence-electron chi connectivity index (χ1n) is 3.52. The average molecular weight is 204 g/mol. The molecule has 7 heteroatoms. The molecule has 0 aliphatic rings. The highest BCUT2D eigenvalue weighted by molar-refractivity contribution is 5.88. The van der Waals surface area contributed by atoms with Gasteiger partial charge in [0.05, 0.1) is 7.11 Å². The Kier molecular flexibility index (Phi) is 4.03. The van der Waals surface area contributed by atoms with Crippen LogP contribution < -0.4 is 10.2 Å². The van der Waals surface area contributed by atoms with Gasteiger partial charge in [0.15, 0.2) is 5.60 Å². The number of methoxy groups -OCH3 is 1. The second-order valence-electron chi connectivity index (χ2n) is 2.62. The summed E-state index contributed by atoms with van der Waals surface area (Å²) in [5.41, 5.74) is -2.63. The van der Waals surface area contributed by atoms with Gasteiger partial charge in [0.2, 0.25) is 0 Å². The number of carbonyl (C=O) groups excluding carboxylic acids is 3. The minimum Gasteiger partial charge on any atom is -0.550 e. The first-order chi connectivity index (χ1) is 6.31. The van der Waals surface area contributed by atoms with Gasteiger partial charge in [0.1, 0.15) is 0 Å². The van der Waals surface area contributed by atoms with Crippen molar-refractivity contribution >= 4 is 17.9 Å². The molecule has 0 aromatic heterocycles. The fourth-order valence-corrected chi connectivity index (χ4v) is 0.874. The Bertz CT molecular complexity index is 241. The molecule has 0 spiro atoms. The standard InChI is InChI=1S/C7H10O7/c1-14-6(12)7(13,2-4(8)9)3-5(10)11/h13H,2-3H2,1H3,(H,8,9)(H,10,11)/p-2. The van der Waals surface area contributed by atoms with E-state index in [2.05, 4.69) is 4.74 Å². The van der Waals surface area contributed by atoms with Gasteiger partial charge in [-0.15, -0.1) is 0 Å². The molecule has 0 saturated carbocycles. The van der Waals surface area contributed by atoms with Gasteiger partial charge in [0.25, 0.3) is 0 Å². The maximum atomic E-state index is 10.9. The number of aliphatic hydroxyl groups is 1. The van der Waals surface area contributed by atoms with Crippen molar-refractivity contribution in [2.75, 3.05) is 7.11 Å². The molecular formula is C7H8O7-2. The normalized spacial score (nSPS) is 10.7. The van der Waals surface area contributed by atoms with Crippen LogP contribution in [0.15, 0.2) is 0 Å². The molecule has 0 aromatic carbocycles. The van der Waals surface area contributed by atoms with Crippen LogP contribution in [0.5, 0.6) is 0 Å². The molecule has 0 fully saturated rings. The zero-order valence-corrected chi connectivity index (χ0v) is 7.31. The molecule has 0 bridgehead atoms. The van der Waals surface area contributed by atoms with Crippen LogP contribution in [0.2, 0.25) is 0 Å². The van der Waals surface area contributed by atoms with E-state index in [0.717, 1.165) is 7.11 Å². The number of carboxylic acid groups (broad SMARTS) is 2. The van der Waals surface area contributed by atoms with Gasteiger partial charge in [-0.2, -0.15) is 0 Å². The van der Waals surface area contributed by atoms with Crippen molar-refractivity contribution in [3.63, 3.8) is 0 Å². The van der Waals surface area contributed by atoms with Crippen LogP contribution in [-0.2, 0) is 19.1 Å². The van der Waals surface area contributed by atoms with Crippen LogP contribution in [0.4, 0.5) is 0 Å². The molecule has 0 aromatic rings. The number of carboxylic acids is 2. The molecule has 0 atom stereocenters. The summed E-state index contributed by atoms with van der Waals surface area (Å²) in [7, 11) is 0.887. The van der Waals surface area contributed by atoms with Crippen LogP contribution in [-0.4, -0.2) is 35.7 Å². The third-order valence-electron chi connectivity index (χ3n) is 1.44. The minimum atomic E-state index is -2.63. The second-order valence-corrected chi connectivity index (χ2v) is 2.62. The van der Waals surface area contributed by atoms with Gasteiger partial charge >= 0.3 is 5.97 Å². The van der Waals surface area contributed by atoms with Gasteiger partial charge < -0.3 is 29.6 Å². The summed E-state index contributed by atoms with van der Waals surface area (Å²) in [4.78, 5) is 31.1. The summed E-state index contributed by atoms with van der Waals surface area (Å²) in [5.74, 6) is -4.88. The fraction of sp³-hybridized carbons (Fsp3) is 0.571. The average Bonchev–Trinajstić information content (AvgIpc) is 1.99. The van der Waals surface area contributed by atoms with Crippen LogP contribution >= 0.6 is 0 Å². The summed E-state index contributed by atoms with van der Waals surface area (Å²) in [6, 6.07) is 0. The van der Waals surface area contributed by atoms with E-state index >= 15 is 0 Å². The first kappa shape index (κ1) is 12.4. The van der Waals surface area contributed by atoms with Crippen molar-refractivity contribution in [2.45, 2.75) is 18.4 Å². The minimum absolute atomic E-state index is 0.887. The molecule has 7 nitrogen and oxygen atoms in total. The third kappa shape index (κ3) is 3.40. The van der Waals surface area contributed by atoms with E-state index in [-0.39, 0.29) is 0 Å². The Morgan fingerprint density at radius 1 is 1.21 bits per heavy atom. The van der Waals surface area contributed by atoms with E-state index in [1.54, 1.807) is 0 Å². The Morgan fingerprint density at radius 2 is 1.57 bits per heavy atom. The van der Waals surface area contributed by atoms with Gasteiger partial charge in [-0.25, -0.2) is 4.79 Å². The lowest BCUT2D eigenvalue weighted by Gasteiger charge is -2.25. The topological polar surface area (TPSA) is 127 Å². The van der Waals surface area contributed by atoms with Crippen molar-refractivity contribution in [3.05, 3.63) is 0 Å². The maximum absolute atomic E-state index is 10.9. The number of esters is 1. The largest absolute Gasteiger partial charge is 0.550 e. The maximum Gasteiger partial charge on any atom is 0.338 e. The lowest BCUT2D eigenvalue weighted by Crippen LogP contribution is -2.48. The smallest absolute Gasteiger partial charge is 0.338 e. The lowest BCUT2D eigenvalue weighted by atomic mass is 9.96. The highest BCUT2D eigenvalue weighted by Gasteiger charge is 2.37. The van der Waals surface area contributed by atoms with Crippen molar-refractivity contribution < 1.29 is 34.4 Å². The summed E-state index contributed by atoms with van der Waals surface area (Å²) < 4.78 is 4.05. The fourth-order valence-electron chi connectivity index (χ4n) is 0.874. The highest BCUT2D eigenvalue weighted by Crippen LogP contribution is 2.16. The second kappa shape index (κ2) is 4.56. The Hall–Kier alpha value is -1.63. The predicted octanol–water partition coefficient (Wildman–Crippen LogP) is -3.83. The third-order valence-corrected chi connectivity index (χ3v) is 1.44. The molecule has 0 unspecified atom stereocenters. The zero-order chi connectivity index (χ0) is 11.4. The van der Waals surface area contributed by atoms with E-state index in [9.17, 15) is 29.7 Å². The molecule has 1 N–H and O–H groups in total. The number of aliphatic carboxylic acids is 2. The Morgan fingerprint density at radius 3 is 1.79 bits per heavy atom. The highest BCUT2D eigenvalue weighted by atomic mass is 16.5. The summed E-state index contributed by atoms with van der Waals surface area (Å²) in [6.45, 7) is 0. The van der Waals surface area contributed by atoms with E-state index < -0.39 is 36.4 Å². The summed E-state index contributed by atoms with van der Waals surface area (Å²) >= 11 is 0. The molecule has 80 valence electrons. The molecule has 0 aliphatic heterocycles. The van der Waals surface area contributed by atoms with E-state index in [1.165, 1.54) is 0 Å². The Labute approximate surface area is 78.9 Å². The van der Waals surface area contributed by atoms with Crippen LogP contribution in [0, 0.1) is 0 Å². The van der Waals surface area contributed by atoms with E-state index in [4.69, 9.17) is 0 Å². The number of hydrogen-bond donors (Lipinski definition) is 1. The van der Waals surface area contributed by atoms with Gasteiger partial charge in [-0.05, 0) is 0 Å². The molecule has 0 aliphatic carbocycles. The first-order valence-corrected chi connectivity index (χ1v) is 3.52. The SMILES string of the molecule is COC(=O)C(O)(CC(=O)[O-])CC(=O)[O-]. The van der Waals surface area contributed by atoms with Crippen molar-refractivity contribution in [2.24, 2.45) is 0 Å². The lowest BCUT2D eigenvalue weighted by molar-refractivity contribution is -0.314. The Balaban J connectivity index is 4.74. The molecule has 0 saturated heterocycles. The van der Waals surface area contributed by atoms with Gasteiger partial charge in [0, 0.05) is 24.8 Å². The van der Waals surface area contributed by atoms with Crippen LogP contribution in [0.1, 0.15) is 12.8 Å². The number of rotatable bonds is 5. The monoisotopic (exact) mass is 204 g/mol. The molecule has 14 heavy (non-hydrogen) atoms. The zero-order valence-electron chi connectivity index (χ0n) is 7.31. The van der Waals surface area contributed by atoms with Crippen molar-refractivity contribution in [1.29, 1.82) is 0 Å². The van der Waals surface area contributed by atoms with E-state index in [1.807, 2.05) is 0 Å².